The Hall–Kier alpha value is -3.79. The van der Waals surface area contributed by atoms with Crippen molar-refractivity contribution in [3.05, 3.63) is 62.5 Å². The van der Waals surface area contributed by atoms with Crippen molar-refractivity contribution >= 4 is 31.6 Å². The summed E-state index contributed by atoms with van der Waals surface area (Å²) in [6.45, 7) is 21.0. The summed E-state index contributed by atoms with van der Waals surface area (Å²) in [5.74, 6) is -1.10. The largest absolute Gasteiger partial charge is 0.509 e. The maximum atomic E-state index is 14.8. The minimum Gasteiger partial charge on any atom is -0.471 e. The standard InChI is InChI=1S/C79H141N2O18P/c1-11-19-23-27-30-33-34-35-36-37-38-40-42-46-50-54-69(83)80-72-76(90-61-55-66(88-10)53-49-44-26-22-14-4)74(99-100(86,94-58-17-7)95-59-18-8)67(63-87-9)96-78(72)93-64-68-73(98-79(85)92-57-16-6)75(89-60-51-47-43-32-29-25-21-13-3)71(77(97-68)91-56-15-5)81-70(84)62-65(82)52-48-45-41-39-31-28-24-20-12-2/h15-18,33-34,56,66-68,71-78H,6-8,11-14,19-32,35-55,57-64H2,1-5,9-10H3,(H,80,83)(H,81,84)/t66-,67-,68-,71+,72+,73-,74-,75-,76-,77-,78-/m1/s1. The van der Waals surface area contributed by atoms with E-state index >= 15 is 0 Å². The van der Waals surface area contributed by atoms with E-state index in [1.807, 2.05) is 0 Å². The minimum absolute atomic E-state index is 0.103. The molecule has 2 fully saturated rings. The van der Waals surface area contributed by atoms with Gasteiger partial charge in [0.15, 0.2) is 12.4 Å². The van der Waals surface area contributed by atoms with E-state index in [9.17, 15) is 23.7 Å². The molecule has 0 unspecified atom stereocenters. The van der Waals surface area contributed by atoms with Crippen molar-refractivity contribution in [2.45, 2.75) is 359 Å². The molecule has 0 saturated carbocycles. The Morgan fingerprint density at radius 3 is 1.52 bits per heavy atom. The highest BCUT2D eigenvalue weighted by atomic mass is 31.2. The molecule has 0 aromatic heterocycles. The molecule has 21 heteroatoms. The van der Waals surface area contributed by atoms with Gasteiger partial charge >= 0.3 is 14.0 Å². The van der Waals surface area contributed by atoms with Crippen molar-refractivity contribution in [1.29, 1.82) is 0 Å². The minimum atomic E-state index is -4.49. The van der Waals surface area contributed by atoms with Crippen LogP contribution in [0.2, 0.25) is 0 Å². The lowest BCUT2D eigenvalue weighted by Gasteiger charge is -2.48. The molecule has 2 aliphatic heterocycles. The molecule has 2 heterocycles. The zero-order valence-corrected chi connectivity index (χ0v) is 64.4. The van der Waals surface area contributed by atoms with E-state index in [2.05, 4.69) is 70.2 Å². The highest BCUT2D eigenvalue weighted by Gasteiger charge is 2.54. The van der Waals surface area contributed by atoms with Gasteiger partial charge in [-0.1, -0.05) is 251 Å². The van der Waals surface area contributed by atoms with Crippen molar-refractivity contribution < 1.29 is 84.7 Å². The summed E-state index contributed by atoms with van der Waals surface area (Å²) in [5.41, 5.74) is 0. The number of Topliss-reactive ketones (excluding diaryl/α,β-unsaturated/α-hetero) is 1. The predicted octanol–water partition coefficient (Wildman–Crippen LogP) is 18.8. The van der Waals surface area contributed by atoms with Crippen LogP contribution < -0.4 is 10.6 Å². The van der Waals surface area contributed by atoms with Crippen LogP contribution in [-0.2, 0) is 79.9 Å². The molecule has 20 nitrogen and oxygen atoms in total. The molecule has 2 saturated heterocycles. The van der Waals surface area contributed by atoms with E-state index < -0.39 is 94.2 Å². The van der Waals surface area contributed by atoms with Crippen LogP contribution in [0.5, 0.6) is 0 Å². The lowest BCUT2D eigenvalue weighted by Crippen LogP contribution is -2.68. The summed E-state index contributed by atoms with van der Waals surface area (Å²) >= 11 is 0. The van der Waals surface area contributed by atoms with Gasteiger partial charge in [-0.05, 0) is 64.7 Å². The van der Waals surface area contributed by atoms with Gasteiger partial charge in [-0.3, -0.25) is 28.0 Å². The third kappa shape index (κ3) is 43.5. The van der Waals surface area contributed by atoms with Crippen LogP contribution in [0.25, 0.3) is 0 Å². The Labute approximate surface area is 606 Å². The predicted molar refractivity (Wildman–Crippen MR) is 398 cm³/mol. The van der Waals surface area contributed by atoms with Gasteiger partial charge in [0.1, 0.15) is 55.0 Å². The zero-order valence-electron chi connectivity index (χ0n) is 63.5. The van der Waals surface area contributed by atoms with Gasteiger partial charge in [-0.25, -0.2) is 9.36 Å². The van der Waals surface area contributed by atoms with Crippen LogP contribution in [0.1, 0.15) is 291 Å². The Balaban J connectivity index is 2.74. The second-order valence-corrected chi connectivity index (χ2v) is 28.5. The van der Waals surface area contributed by atoms with Crippen molar-refractivity contribution in [2.75, 3.05) is 60.5 Å². The van der Waals surface area contributed by atoms with Gasteiger partial charge < -0.3 is 58.0 Å². The number of hydrogen-bond acceptors (Lipinski definition) is 18. The lowest BCUT2D eigenvalue weighted by molar-refractivity contribution is -0.303. The van der Waals surface area contributed by atoms with E-state index in [1.165, 1.54) is 102 Å². The average molecular weight is 1440 g/mol. The number of hydrogen-bond donors (Lipinski definition) is 2. The second-order valence-electron chi connectivity index (χ2n) is 26.9. The number of ether oxygens (including phenoxy) is 10. The van der Waals surface area contributed by atoms with Crippen molar-refractivity contribution in [2.24, 2.45) is 0 Å². The molecule has 0 aliphatic carbocycles. The molecule has 0 bridgehead atoms. The van der Waals surface area contributed by atoms with Crippen molar-refractivity contribution in [3.8, 4) is 0 Å². The van der Waals surface area contributed by atoms with Crippen LogP contribution >= 0.6 is 7.82 Å². The molecule has 0 aromatic rings. The van der Waals surface area contributed by atoms with Crippen molar-refractivity contribution in [1.82, 2.24) is 10.6 Å². The molecule has 2 rings (SSSR count). The highest BCUT2D eigenvalue weighted by molar-refractivity contribution is 7.48. The van der Waals surface area contributed by atoms with E-state index in [4.69, 9.17) is 60.9 Å². The molecule has 2 aliphatic rings. The first-order valence-corrected chi connectivity index (χ1v) is 40.7. The maximum Gasteiger partial charge on any atom is 0.509 e. The number of carbonyl (C=O) groups is 4. The molecule has 0 aromatic carbocycles. The molecular weight excluding hydrogens is 1300 g/mol. The number of amides is 2. The molecule has 100 heavy (non-hydrogen) atoms. The molecular formula is C79H141N2O18P. The summed E-state index contributed by atoms with van der Waals surface area (Å²) in [6.07, 6.45) is 39.6. The van der Waals surface area contributed by atoms with Crippen LogP contribution in [0.15, 0.2) is 62.5 Å². The van der Waals surface area contributed by atoms with Gasteiger partial charge in [-0.2, -0.15) is 0 Å². The third-order valence-electron chi connectivity index (χ3n) is 18.2. The first-order chi connectivity index (χ1) is 48.8. The van der Waals surface area contributed by atoms with Gasteiger partial charge in [-0.15, -0.1) is 13.2 Å². The Bertz CT molecular complexity index is 2170. The molecule has 0 radical (unpaired) electrons. The third-order valence-corrected chi connectivity index (χ3v) is 19.6. The SMILES string of the molecule is C=CCOC(=O)O[C@H]1[C@H](OCCCCCCCCCC)[C@H](NC(=O)CC(=O)CCCCCCCCCCC)[C@H](OC=CC)O[C@@H]1CO[C@@H]1O[C@H](COC)[C@@H](OP(=O)(OCC=C)OCC=C)[C@H](OCC[C@@H](CCCCCCC)OC)[C@@H]1NC(=O)CCCCCCCCCC=CCCCCCC. The van der Waals surface area contributed by atoms with Crippen LogP contribution in [0.3, 0.4) is 0 Å². The van der Waals surface area contributed by atoms with Crippen LogP contribution in [-0.4, -0.2) is 152 Å². The fraction of sp³-hybridized carbons (Fsp3) is 0.823. The number of ketones is 1. The average Bonchev–Trinajstić information content (AvgIpc) is 0.780. The molecule has 2 amide bonds. The van der Waals surface area contributed by atoms with Gasteiger partial charge in [0, 0.05) is 40.3 Å². The summed E-state index contributed by atoms with van der Waals surface area (Å²) in [4.78, 5) is 56.2. The van der Waals surface area contributed by atoms with E-state index in [0.717, 1.165) is 141 Å². The molecule has 580 valence electrons. The fourth-order valence-corrected chi connectivity index (χ4v) is 13.8. The molecule has 2 N–H and O–H groups in total. The number of rotatable bonds is 68. The Morgan fingerprint density at radius 1 is 0.500 bits per heavy atom. The fourth-order valence-electron chi connectivity index (χ4n) is 12.5. The van der Waals surface area contributed by atoms with Gasteiger partial charge in [0.25, 0.3) is 0 Å². The monoisotopic (exact) mass is 1440 g/mol. The summed E-state index contributed by atoms with van der Waals surface area (Å²) in [5, 5.41) is 6.22. The quantitative estimate of drug-likeness (QED) is 0.0144. The topological polar surface area (TPSA) is 229 Å². The van der Waals surface area contributed by atoms with E-state index in [1.54, 1.807) is 20.1 Å². The summed E-state index contributed by atoms with van der Waals surface area (Å²) in [7, 11) is -1.33. The number of allylic oxidation sites excluding steroid dienone is 3. The molecule has 0 spiro atoms. The molecule has 11 atom stereocenters. The van der Waals surface area contributed by atoms with Crippen LogP contribution in [0.4, 0.5) is 4.79 Å². The maximum absolute atomic E-state index is 14.8. The normalized spacial score (nSPS) is 21.3. The van der Waals surface area contributed by atoms with E-state index in [0.29, 0.717) is 25.7 Å². The number of nitrogens with one attached hydrogen (secondary N) is 2. The number of unbranched alkanes of at least 4 members (excludes halogenated alkanes) is 30. The van der Waals surface area contributed by atoms with Gasteiger partial charge in [0.2, 0.25) is 18.1 Å². The second kappa shape index (κ2) is 62.6. The Morgan fingerprint density at radius 2 is 0.970 bits per heavy atom. The van der Waals surface area contributed by atoms with Gasteiger partial charge in [0.05, 0.1) is 45.2 Å². The summed E-state index contributed by atoms with van der Waals surface area (Å²) in [6, 6.07) is -2.33. The number of methoxy groups -OCH3 is 2. The number of phosphoric acid groups is 1. The number of carbonyl (C=O) groups excluding carboxylic acids is 4. The highest BCUT2D eigenvalue weighted by Crippen LogP contribution is 2.52. The zero-order chi connectivity index (χ0) is 73.0. The lowest BCUT2D eigenvalue weighted by atomic mass is 9.95. The summed E-state index contributed by atoms with van der Waals surface area (Å²) < 4.78 is 96.9. The first kappa shape index (κ1) is 92.3. The van der Waals surface area contributed by atoms with Crippen LogP contribution in [0, 0.1) is 0 Å². The first-order valence-electron chi connectivity index (χ1n) is 39.3. The number of phosphoric ester groups is 1. The Kier molecular flexibility index (Phi) is 57.8. The van der Waals surface area contributed by atoms with E-state index in [-0.39, 0.29) is 70.3 Å². The van der Waals surface area contributed by atoms with Crippen molar-refractivity contribution in [3.63, 3.8) is 0 Å². The smallest absolute Gasteiger partial charge is 0.471 e.